The minimum atomic E-state index is -0.648. The first-order chi connectivity index (χ1) is 9.72. The third-order valence-corrected chi connectivity index (χ3v) is 5.56. The monoisotopic (exact) mass is 288 g/mol. The van der Waals surface area contributed by atoms with Gasteiger partial charge in [-0.3, -0.25) is 4.79 Å². The van der Waals surface area contributed by atoms with E-state index in [4.69, 9.17) is 0 Å². The Kier molecular flexibility index (Phi) is 2.70. The predicted molar refractivity (Wildman–Crippen MR) is 79.2 cm³/mol. The van der Waals surface area contributed by atoms with Gasteiger partial charge in [-0.05, 0) is 36.8 Å². The molecule has 0 unspecified atom stereocenters. The second-order valence-corrected chi connectivity index (χ2v) is 6.82. The minimum absolute atomic E-state index is 0.227. The third kappa shape index (κ3) is 1.97. The molecule has 2 heterocycles. The standard InChI is InChI=1S/C15H16N2O2S/c18-14(19)11-8-17(7-10(11)9-5-6-9)15-16-12-3-1-2-4-13(12)20-15/h1-4,9-11H,5-8H2,(H,18,19)/t10-,11+/m0/s1. The van der Waals surface area contributed by atoms with Crippen LogP contribution >= 0.6 is 11.3 Å². The molecule has 0 radical (unpaired) electrons. The van der Waals surface area contributed by atoms with E-state index in [1.54, 1.807) is 11.3 Å². The molecule has 1 aliphatic carbocycles. The zero-order chi connectivity index (χ0) is 13.7. The van der Waals surface area contributed by atoms with E-state index in [0.717, 1.165) is 17.2 Å². The summed E-state index contributed by atoms with van der Waals surface area (Å²) in [4.78, 5) is 18.3. The molecule has 2 aromatic rings. The zero-order valence-corrected chi connectivity index (χ0v) is 11.8. The van der Waals surface area contributed by atoms with Gasteiger partial charge in [-0.2, -0.15) is 0 Å². The fourth-order valence-corrected chi connectivity index (χ4v) is 4.23. The minimum Gasteiger partial charge on any atom is -0.481 e. The Morgan fingerprint density at radius 1 is 1.30 bits per heavy atom. The summed E-state index contributed by atoms with van der Waals surface area (Å²) in [5, 5.41) is 10.4. The lowest BCUT2D eigenvalue weighted by molar-refractivity contribution is -0.142. The van der Waals surface area contributed by atoms with Crippen molar-refractivity contribution in [3.8, 4) is 0 Å². The number of rotatable bonds is 3. The van der Waals surface area contributed by atoms with E-state index in [-0.39, 0.29) is 5.92 Å². The predicted octanol–water partition coefficient (Wildman–Crippen LogP) is 2.84. The number of para-hydroxylation sites is 1. The molecule has 0 spiro atoms. The van der Waals surface area contributed by atoms with Crippen LogP contribution in [0, 0.1) is 17.8 Å². The second-order valence-electron chi connectivity index (χ2n) is 5.82. The van der Waals surface area contributed by atoms with Crippen molar-refractivity contribution >= 4 is 32.7 Å². The van der Waals surface area contributed by atoms with Gasteiger partial charge in [-0.25, -0.2) is 4.98 Å². The summed E-state index contributed by atoms with van der Waals surface area (Å²) in [6.45, 7) is 1.46. The van der Waals surface area contributed by atoms with Crippen LogP contribution in [0.5, 0.6) is 0 Å². The Labute approximate surface area is 121 Å². The molecule has 1 aromatic carbocycles. The molecule has 2 fully saturated rings. The highest BCUT2D eigenvalue weighted by Crippen LogP contribution is 2.45. The number of carboxylic acid groups (broad SMARTS) is 1. The maximum absolute atomic E-state index is 11.4. The van der Waals surface area contributed by atoms with Crippen LogP contribution in [-0.2, 0) is 4.79 Å². The van der Waals surface area contributed by atoms with Crippen LogP contribution in [0.4, 0.5) is 5.13 Å². The molecule has 1 aromatic heterocycles. The fourth-order valence-electron chi connectivity index (χ4n) is 3.24. The number of aliphatic carboxylic acids is 1. The van der Waals surface area contributed by atoms with Crippen molar-refractivity contribution in [3.63, 3.8) is 0 Å². The van der Waals surface area contributed by atoms with Gasteiger partial charge in [-0.15, -0.1) is 0 Å². The number of anilines is 1. The molecular formula is C15H16N2O2S. The van der Waals surface area contributed by atoms with Gasteiger partial charge in [0, 0.05) is 13.1 Å². The van der Waals surface area contributed by atoms with E-state index in [1.165, 1.54) is 17.5 Å². The van der Waals surface area contributed by atoms with E-state index in [0.29, 0.717) is 18.4 Å². The van der Waals surface area contributed by atoms with Crippen LogP contribution in [-0.4, -0.2) is 29.1 Å². The highest BCUT2D eigenvalue weighted by atomic mass is 32.1. The van der Waals surface area contributed by atoms with E-state index in [1.807, 2.05) is 18.2 Å². The Morgan fingerprint density at radius 2 is 2.10 bits per heavy atom. The molecule has 104 valence electrons. The number of fused-ring (bicyclic) bond motifs is 1. The summed E-state index contributed by atoms with van der Waals surface area (Å²) >= 11 is 1.66. The summed E-state index contributed by atoms with van der Waals surface area (Å²) in [5.74, 6) is 0.0509. The van der Waals surface area contributed by atoms with Gasteiger partial charge >= 0.3 is 5.97 Å². The molecule has 1 saturated heterocycles. The largest absolute Gasteiger partial charge is 0.481 e. The lowest BCUT2D eigenvalue weighted by Crippen LogP contribution is -2.23. The summed E-state index contributed by atoms with van der Waals surface area (Å²) < 4.78 is 1.17. The lowest BCUT2D eigenvalue weighted by Gasteiger charge is -2.14. The molecule has 4 nitrogen and oxygen atoms in total. The Morgan fingerprint density at radius 3 is 2.80 bits per heavy atom. The van der Waals surface area contributed by atoms with Crippen LogP contribution in [0.15, 0.2) is 24.3 Å². The van der Waals surface area contributed by atoms with Gasteiger partial charge in [0.2, 0.25) is 0 Å². The maximum atomic E-state index is 11.4. The molecule has 4 rings (SSSR count). The van der Waals surface area contributed by atoms with Crippen molar-refractivity contribution in [1.29, 1.82) is 0 Å². The number of thiazole rings is 1. The number of nitrogens with zero attached hydrogens (tertiary/aromatic N) is 2. The van der Waals surface area contributed by atoms with Crippen LogP contribution < -0.4 is 4.90 Å². The fraction of sp³-hybridized carbons (Fsp3) is 0.467. The molecule has 1 N–H and O–H groups in total. The highest BCUT2D eigenvalue weighted by Gasteiger charge is 2.46. The Bertz CT molecular complexity index is 632. The molecule has 5 heteroatoms. The van der Waals surface area contributed by atoms with Gasteiger partial charge in [0.15, 0.2) is 5.13 Å². The average molecular weight is 288 g/mol. The summed E-state index contributed by atoms with van der Waals surface area (Å²) in [6, 6.07) is 8.09. The van der Waals surface area contributed by atoms with Crippen molar-refractivity contribution in [1.82, 2.24) is 4.98 Å². The first-order valence-corrected chi connectivity index (χ1v) is 7.87. The number of benzene rings is 1. The molecule has 2 aliphatic rings. The average Bonchev–Trinajstić information content (AvgIpc) is 3.04. The summed E-state index contributed by atoms with van der Waals surface area (Å²) in [5.41, 5.74) is 1.01. The number of hydrogen-bond donors (Lipinski definition) is 1. The topological polar surface area (TPSA) is 53.4 Å². The van der Waals surface area contributed by atoms with Crippen molar-refractivity contribution in [2.24, 2.45) is 17.8 Å². The first-order valence-electron chi connectivity index (χ1n) is 7.05. The molecule has 20 heavy (non-hydrogen) atoms. The van der Waals surface area contributed by atoms with Gasteiger partial charge < -0.3 is 10.0 Å². The Balaban J connectivity index is 1.63. The smallest absolute Gasteiger partial charge is 0.308 e. The first kappa shape index (κ1) is 12.1. The van der Waals surface area contributed by atoms with Crippen LogP contribution in [0.2, 0.25) is 0 Å². The number of carboxylic acids is 1. The SMILES string of the molecule is O=C(O)[C@@H]1CN(c2nc3ccccc3s2)C[C@H]1C1CC1. The van der Waals surface area contributed by atoms with Crippen LogP contribution in [0.3, 0.4) is 0 Å². The normalized spacial score (nSPS) is 26.3. The molecule has 0 bridgehead atoms. The molecule has 1 saturated carbocycles. The van der Waals surface area contributed by atoms with E-state index in [9.17, 15) is 9.90 Å². The van der Waals surface area contributed by atoms with Crippen molar-refractivity contribution in [2.45, 2.75) is 12.8 Å². The van der Waals surface area contributed by atoms with Gasteiger partial charge in [0.1, 0.15) is 0 Å². The maximum Gasteiger partial charge on any atom is 0.308 e. The van der Waals surface area contributed by atoms with Gasteiger partial charge in [0.05, 0.1) is 16.1 Å². The van der Waals surface area contributed by atoms with Crippen molar-refractivity contribution in [2.75, 3.05) is 18.0 Å². The number of carbonyl (C=O) groups is 1. The van der Waals surface area contributed by atoms with Crippen molar-refractivity contribution < 1.29 is 9.90 Å². The van der Waals surface area contributed by atoms with Gasteiger partial charge in [-0.1, -0.05) is 23.5 Å². The zero-order valence-electron chi connectivity index (χ0n) is 11.0. The molecular weight excluding hydrogens is 272 g/mol. The van der Waals surface area contributed by atoms with E-state index in [2.05, 4.69) is 16.0 Å². The number of hydrogen-bond acceptors (Lipinski definition) is 4. The molecule has 2 atom stereocenters. The quantitative estimate of drug-likeness (QED) is 0.943. The number of aromatic nitrogens is 1. The summed E-state index contributed by atoms with van der Waals surface area (Å²) in [6.07, 6.45) is 2.39. The van der Waals surface area contributed by atoms with Crippen molar-refractivity contribution in [3.05, 3.63) is 24.3 Å². The van der Waals surface area contributed by atoms with E-state index >= 15 is 0 Å². The van der Waals surface area contributed by atoms with Crippen LogP contribution in [0.25, 0.3) is 10.2 Å². The highest BCUT2D eigenvalue weighted by molar-refractivity contribution is 7.22. The molecule has 1 aliphatic heterocycles. The lowest BCUT2D eigenvalue weighted by atomic mass is 9.92. The third-order valence-electron chi connectivity index (χ3n) is 4.46. The molecule has 0 amide bonds. The Hall–Kier alpha value is -1.62. The summed E-state index contributed by atoms with van der Waals surface area (Å²) in [7, 11) is 0. The van der Waals surface area contributed by atoms with Crippen LogP contribution in [0.1, 0.15) is 12.8 Å². The van der Waals surface area contributed by atoms with Gasteiger partial charge in [0.25, 0.3) is 0 Å². The van der Waals surface area contributed by atoms with E-state index < -0.39 is 5.97 Å². The second kappa shape index (κ2) is 4.45.